The molecule has 51 heavy (non-hydrogen) atoms. The number of carbonyl (C=O) groups is 3. The van der Waals surface area contributed by atoms with Crippen molar-refractivity contribution in [2.24, 2.45) is 11.5 Å². The van der Waals surface area contributed by atoms with Crippen molar-refractivity contribution in [3.8, 4) is 11.5 Å². The van der Waals surface area contributed by atoms with Gasteiger partial charge >= 0.3 is 0 Å². The maximum atomic E-state index is 13.4. The molecule has 2 aromatic heterocycles. The van der Waals surface area contributed by atoms with Crippen LogP contribution in [0.3, 0.4) is 0 Å². The molecule has 16 nitrogen and oxygen atoms in total. The highest BCUT2D eigenvalue weighted by Crippen LogP contribution is 2.33. The Morgan fingerprint density at radius 3 is 2.37 bits per heavy atom. The monoisotopic (exact) mass is 700 g/mol. The Labute approximate surface area is 295 Å². The number of aryl methyl sites for hydroxylation is 2. The number of nitrogens with one attached hydrogen (secondary N) is 2. The summed E-state index contributed by atoms with van der Waals surface area (Å²) < 4.78 is 20.4. The van der Waals surface area contributed by atoms with Crippen molar-refractivity contribution in [3.63, 3.8) is 0 Å². The van der Waals surface area contributed by atoms with Gasteiger partial charge in [-0.05, 0) is 44.2 Å². The van der Waals surface area contributed by atoms with Crippen LogP contribution >= 0.6 is 0 Å². The topological polar surface area (TPSA) is 220 Å². The number of primary amides is 2. The molecule has 4 aromatic rings. The van der Waals surface area contributed by atoms with Crippen LogP contribution in [0.25, 0.3) is 11.0 Å². The summed E-state index contributed by atoms with van der Waals surface area (Å²) in [5, 5.41) is 10.5. The van der Waals surface area contributed by atoms with E-state index >= 15 is 0 Å². The fourth-order valence-electron chi connectivity index (χ4n) is 5.66. The van der Waals surface area contributed by atoms with Gasteiger partial charge in [-0.15, -0.1) is 0 Å². The van der Waals surface area contributed by atoms with Crippen LogP contribution in [0.15, 0.2) is 54.6 Å². The second kappa shape index (κ2) is 16.7. The molecular weight excluding hydrogens is 656 g/mol. The molecule has 1 aliphatic rings. The lowest BCUT2D eigenvalue weighted by molar-refractivity contribution is 0.0434. The molecule has 0 saturated carbocycles. The molecule has 0 spiro atoms. The van der Waals surface area contributed by atoms with Crippen molar-refractivity contribution in [1.29, 1.82) is 0 Å². The number of fused-ring (bicyclic) bond motifs is 1. The van der Waals surface area contributed by atoms with E-state index in [1.807, 2.05) is 38.2 Å². The zero-order chi connectivity index (χ0) is 36.5. The number of ether oxygens (including phenoxy) is 3. The number of imidazole rings is 1. The van der Waals surface area contributed by atoms with Gasteiger partial charge in [-0.2, -0.15) is 5.10 Å². The predicted molar refractivity (Wildman–Crippen MR) is 194 cm³/mol. The first kappa shape index (κ1) is 36.4. The molecule has 1 saturated heterocycles. The van der Waals surface area contributed by atoms with E-state index in [1.54, 1.807) is 27.4 Å². The van der Waals surface area contributed by atoms with E-state index < -0.39 is 17.7 Å². The van der Waals surface area contributed by atoms with E-state index in [9.17, 15) is 14.4 Å². The summed E-state index contributed by atoms with van der Waals surface area (Å²) >= 11 is 0. The Hall–Kier alpha value is -5.87. The lowest BCUT2D eigenvalue weighted by atomic mass is 10.1. The standard InChI is InChI=1S/C35H44N10O6/c1-4-45-27(17-22(2)42-45)34(48)41-35-40-26-19-24(33(38)47)21-29(49-3)31(26)44(35)11-6-5-9-39-30-25(36)18-23(32(37)46)20-28(30)51-14-8-7-10-43-12-15-50-16-13-43/h5-8,17-21,39H,4,9-16,36H2,1-3H3,(H2,37,46)(H2,38,47)(H,40,41,48)/b6-5+,8-7+. The van der Waals surface area contributed by atoms with Crippen molar-refractivity contribution >= 4 is 46.1 Å². The largest absolute Gasteiger partial charge is 0.494 e. The number of morpholine rings is 1. The summed E-state index contributed by atoms with van der Waals surface area (Å²) in [5.74, 6) is -0.679. The zero-order valence-corrected chi connectivity index (χ0v) is 29.0. The van der Waals surface area contributed by atoms with E-state index in [0.717, 1.165) is 32.8 Å². The molecule has 2 aromatic carbocycles. The number of amides is 3. The molecule has 5 rings (SSSR count). The third kappa shape index (κ3) is 8.84. The second-order valence-electron chi connectivity index (χ2n) is 11.7. The fraction of sp³-hybridized carbons (Fsp3) is 0.343. The van der Waals surface area contributed by atoms with Crippen molar-refractivity contribution < 1.29 is 28.6 Å². The maximum Gasteiger partial charge on any atom is 0.276 e. The molecular formula is C35H44N10O6. The van der Waals surface area contributed by atoms with Crippen molar-refractivity contribution in [3.05, 3.63) is 77.2 Å². The Kier molecular flexibility index (Phi) is 11.9. The number of hydrogen-bond acceptors (Lipinski definition) is 11. The molecule has 3 heterocycles. The summed E-state index contributed by atoms with van der Waals surface area (Å²) in [6, 6.07) is 7.85. The van der Waals surface area contributed by atoms with Gasteiger partial charge in [-0.1, -0.05) is 24.3 Å². The number of rotatable bonds is 16. The number of nitrogens with zero attached hydrogens (tertiary/aromatic N) is 5. The van der Waals surface area contributed by atoms with Crippen LogP contribution in [0.5, 0.6) is 11.5 Å². The number of benzene rings is 2. The van der Waals surface area contributed by atoms with Crippen molar-refractivity contribution in [2.75, 3.05) is 69.5 Å². The van der Waals surface area contributed by atoms with Gasteiger partial charge in [0.15, 0.2) is 0 Å². The Balaban J connectivity index is 1.34. The van der Waals surface area contributed by atoms with Gasteiger partial charge in [0.1, 0.15) is 35.0 Å². The Bertz CT molecular complexity index is 1960. The van der Waals surface area contributed by atoms with Gasteiger partial charge in [0.05, 0.1) is 37.2 Å². The average Bonchev–Trinajstić information content (AvgIpc) is 3.67. The highest BCUT2D eigenvalue weighted by atomic mass is 16.5. The van der Waals surface area contributed by atoms with E-state index in [2.05, 4.69) is 25.6 Å². The summed E-state index contributed by atoms with van der Waals surface area (Å²) in [6.45, 7) is 9.06. The van der Waals surface area contributed by atoms with E-state index in [0.29, 0.717) is 58.4 Å². The third-order valence-electron chi connectivity index (χ3n) is 8.21. The van der Waals surface area contributed by atoms with Crippen LogP contribution in [0.1, 0.15) is 43.8 Å². The van der Waals surface area contributed by atoms with Gasteiger partial charge in [0.2, 0.25) is 17.8 Å². The molecule has 3 amide bonds. The zero-order valence-electron chi connectivity index (χ0n) is 29.0. The SMILES string of the molecule is CCn1nc(C)cc1C(=O)Nc1nc2cc(C(N)=O)cc(OC)c2n1C/C=C/CNc1c(N)cc(C(N)=O)cc1OC/C=C/CN1CCOCC1. The molecule has 0 atom stereocenters. The molecule has 0 aliphatic carbocycles. The number of methoxy groups -OCH3 is 1. The summed E-state index contributed by atoms with van der Waals surface area (Å²) in [7, 11) is 1.48. The minimum Gasteiger partial charge on any atom is -0.494 e. The van der Waals surface area contributed by atoms with E-state index in [4.69, 9.17) is 31.4 Å². The van der Waals surface area contributed by atoms with Crippen LogP contribution in [0.2, 0.25) is 0 Å². The van der Waals surface area contributed by atoms with Crippen molar-refractivity contribution in [1.82, 2.24) is 24.2 Å². The van der Waals surface area contributed by atoms with Crippen LogP contribution in [-0.2, 0) is 17.8 Å². The molecule has 1 fully saturated rings. The molecule has 270 valence electrons. The molecule has 0 radical (unpaired) electrons. The highest BCUT2D eigenvalue weighted by molar-refractivity contribution is 6.04. The summed E-state index contributed by atoms with van der Waals surface area (Å²) in [5.41, 5.74) is 20.7. The highest BCUT2D eigenvalue weighted by Gasteiger charge is 2.21. The number of hydrogen-bond donors (Lipinski definition) is 5. The van der Waals surface area contributed by atoms with Gasteiger partial charge in [-0.3, -0.25) is 29.3 Å². The number of aromatic nitrogens is 4. The third-order valence-corrected chi connectivity index (χ3v) is 8.21. The maximum absolute atomic E-state index is 13.4. The number of carbonyl (C=O) groups excluding carboxylic acids is 3. The smallest absolute Gasteiger partial charge is 0.276 e. The summed E-state index contributed by atoms with van der Waals surface area (Å²) in [6.07, 6.45) is 7.68. The van der Waals surface area contributed by atoms with Gasteiger partial charge in [-0.25, -0.2) is 4.98 Å². The quantitative estimate of drug-likeness (QED) is 0.0845. The molecule has 1 aliphatic heterocycles. The first-order valence-electron chi connectivity index (χ1n) is 16.5. The van der Waals surface area contributed by atoms with Gasteiger partial charge < -0.3 is 41.3 Å². The van der Waals surface area contributed by atoms with Crippen LogP contribution < -0.4 is 37.3 Å². The van der Waals surface area contributed by atoms with Crippen LogP contribution in [-0.4, -0.2) is 95.1 Å². The van der Waals surface area contributed by atoms with Gasteiger partial charge in [0.25, 0.3) is 5.91 Å². The molecule has 16 heteroatoms. The van der Waals surface area contributed by atoms with E-state index in [1.165, 1.54) is 19.2 Å². The summed E-state index contributed by atoms with van der Waals surface area (Å²) in [4.78, 5) is 44.3. The predicted octanol–water partition coefficient (Wildman–Crippen LogP) is 2.54. The number of nitrogens with two attached hydrogens (primary N) is 3. The first-order chi connectivity index (χ1) is 24.6. The molecule has 8 N–H and O–H groups in total. The normalized spacial score (nSPS) is 13.6. The lowest BCUT2D eigenvalue weighted by Gasteiger charge is -2.25. The minimum atomic E-state index is -0.640. The lowest BCUT2D eigenvalue weighted by Crippen LogP contribution is -2.36. The fourth-order valence-corrected chi connectivity index (χ4v) is 5.66. The van der Waals surface area contributed by atoms with Crippen LogP contribution in [0.4, 0.5) is 17.3 Å². The Morgan fingerprint density at radius 2 is 1.67 bits per heavy atom. The minimum absolute atomic E-state index is 0.215. The van der Waals surface area contributed by atoms with Gasteiger partial charge in [0, 0.05) is 50.4 Å². The first-order valence-corrected chi connectivity index (χ1v) is 16.5. The van der Waals surface area contributed by atoms with Crippen LogP contribution in [0, 0.1) is 6.92 Å². The van der Waals surface area contributed by atoms with Crippen molar-refractivity contribution in [2.45, 2.75) is 26.9 Å². The average molecular weight is 701 g/mol. The number of allylic oxidation sites excluding steroid dienone is 1. The number of anilines is 3. The van der Waals surface area contributed by atoms with E-state index in [-0.39, 0.29) is 30.2 Å². The Morgan fingerprint density at radius 1 is 0.961 bits per heavy atom. The molecule has 0 bridgehead atoms. The second-order valence-corrected chi connectivity index (χ2v) is 11.7. The number of nitrogen functional groups attached to an aromatic ring is 1. The molecule has 0 unspecified atom stereocenters.